The minimum atomic E-state index is -1.03. The summed E-state index contributed by atoms with van der Waals surface area (Å²) in [7, 11) is 0. The number of fused-ring (bicyclic) bond motifs is 1. The number of aromatic nitrogens is 1. The van der Waals surface area contributed by atoms with Crippen molar-refractivity contribution in [3.05, 3.63) is 58.7 Å². The second kappa shape index (κ2) is 8.34. The smallest absolute Gasteiger partial charge is 0.335 e. The first-order chi connectivity index (χ1) is 14.5. The number of nitrogens with one attached hydrogen (secondary N) is 2. The van der Waals surface area contributed by atoms with Gasteiger partial charge in [0.05, 0.1) is 5.56 Å². The number of hydrogen-bond acceptors (Lipinski definition) is 4. The fraction of sp³-hybridized carbons (Fsp3) is 0.333. The van der Waals surface area contributed by atoms with Gasteiger partial charge in [-0.3, -0.25) is 4.79 Å². The molecule has 0 saturated carbocycles. The molecule has 1 aromatic heterocycles. The molecule has 164 valence electrons. The van der Waals surface area contributed by atoms with Crippen LogP contribution in [0.4, 0.5) is 5.69 Å². The molecule has 7 nitrogen and oxygen atoms in total. The lowest BCUT2D eigenvalue weighted by Crippen LogP contribution is -2.28. The summed E-state index contributed by atoms with van der Waals surface area (Å²) in [5.41, 5.74) is 9.06. The Morgan fingerprint density at radius 2 is 1.84 bits per heavy atom. The van der Waals surface area contributed by atoms with Crippen LogP contribution in [0.1, 0.15) is 67.1 Å². The number of nitrogen functional groups attached to an aromatic ring is 1. The molecule has 1 unspecified atom stereocenters. The number of aromatic carboxylic acids is 1. The molecule has 0 bridgehead atoms. The van der Waals surface area contributed by atoms with Crippen LogP contribution in [0.25, 0.3) is 10.9 Å². The predicted molar refractivity (Wildman–Crippen MR) is 121 cm³/mol. The summed E-state index contributed by atoms with van der Waals surface area (Å²) < 4.78 is 0. The van der Waals surface area contributed by atoms with Crippen LogP contribution in [0, 0.1) is 0 Å². The first-order valence-corrected chi connectivity index (χ1v) is 10.2. The number of amides is 1. The molecular formula is C24H29N3O4. The molecule has 3 rings (SSSR count). The van der Waals surface area contributed by atoms with Crippen LogP contribution >= 0.6 is 0 Å². The Morgan fingerprint density at radius 3 is 2.48 bits per heavy atom. The molecule has 6 N–H and O–H groups in total. The molecule has 0 aliphatic heterocycles. The van der Waals surface area contributed by atoms with E-state index in [1.165, 1.54) is 6.07 Å². The summed E-state index contributed by atoms with van der Waals surface area (Å²) in [6.45, 7) is 7.77. The number of benzene rings is 2. The zero-order valence-corrected chi connectivity index (χ0v) is 18.2. The number of aromatic amines is 1. The molecule has 0 fully saturated rings. The van der Waals surface area contributed by atoms with E-state index < -0.39 is 11.4 Å². The Hall–Kier alpha value is -3.48. The third-order valence-corrected chi connectivity index (χ3v) is 5.50. The fourth-order valence-electron chi connectivity index (χ4n) is 4.18. The number of rotatable bonds is 6. The minimum absolute atomic E-state index is 0.0647. The Labute approximate surface area is 181 Å². The van der Waals surface area contributed by atoms with E-state index in [1.54, 1.807) is 6.07 Å². The third-order valence-electron chi connectivity index (χ3n) is 5.50. The van der Waals surface area contributed by atoms with Crippen molar-refractivity contribution in [2.75, 3.05) is 5.73 Å². The van der Waals surface area contributed by atoms with E-state index in [-0.39, 0.29) is 36.2 Å². The van der Waals surface area contributed by atoms with E-state index in [4.69, 9.17) is 5.73 Å². The normalized spacial score (nSPS) is 12.6. The molecular weight excluding hydrogens is 394 g/mol. The molecule has 2 aromatic carbocycles. The molecule has 3 aromatic rings. The Bertz CT molecular complexity index is 1140. The van der Waals surface area contributed by atoms with E-state index in [1.807, 2.05) is 52.0 Å². The van der Waals surface area contributed by atoms with Gasteiger partial charge >= 0.3 is 5.97 Å². The largest absolute Gasteiger partial charge is 0.494 e. The number of carbonyl (C=O) groups is 2. The maximum atomic E-state index is 12.7. The van der Waals surface area contributed by atoms with Crippen molar-refractivity contribution in [2.24, 2.45) is 0 Å². The van der Waals surface area contributed by atoms with Gasteiger partial charge in [-0.15, -0.1) is 0 Å². The van der Waals surface area contributed by atoms with Crippen molar-refractivity contribution < 1.29 is 19.8 Å². The van der Waals surface area contributed by atoms with Gasteiger partial charge in [-0.05, 0) is 40.7 Å². The van der Waals surface area contributed by atoms with E-state index in [0.717, 1.165) is 10.9 Å². The van der Waals surface area contributed by atoms with Crippen LogP contribution in [0.15, 0.2) is 36.4 Å². The highest BCUT2D eigenvalue weighted by Crippen LogP contribution is 2.35. The molecule has 1 atom stereocenters. The second-order valence-corrected chi connectivity index (χ2v) is 8.93. The lowest BCUT2D eigenvalue weighted by molar-refractivity contribution is -0.121. The summed E-state index contributed by atoms with van der Waals surface area (Å²) in [6.07, 6.45) is 0.165. The number of hydrogen-bond donors (Lipinski definition) is 5. The van der Waals surface area contributed by atoms with Crippen LogP contribution in [0.5, 0.6) is 5.88 Å². The van der Waals surface area contributed by atoms with Crippen LogP contribution < -0.4 is 11.1 Å². The lowest BCUT2D eigenvalue weighted by Gasteiger charge is -2.26. The van der Waals surface area contributed by atoms with Crippen molar-refractivity contribution in [1.29, 1.82) is 0 Å². The van der Waals surface area contributed by atoms with Gasteiger partial charge in [-0.25, -0.2) is 4.79 Å². The highest BCUT2D eigenvalue weighted by Gasteiger charge is 2.27. The number of carboxylic acids is 1. The zero-order chi connectivity index (χ0) is 22.9. The fourth-order valence-corrected chi connectivity index (χ4v) is 4.18. The van der Waals surface area contributed by atoms with Crippen LogP contribution in [-0.2, 0) is 16.8 Å². The van der Waals surface area contributed by atoms with E-state index >= 15 is 0 Å². The van der Waals surface area contributed by atoms with Gasteiger partial charge in [0.2, 0.25) is 5.91 Å². The number of anilines is 1. The highest BCUT2D eigenvalue weighted by atomic mass is 16.4. The Balaban J connectivity index is 1.80. The minimum Gasteiger partial charge on any atom is -0.494 e. The summed E-state index contributed by atoms with van der Waals surface area (Å²) in [4.78, 5) is 27.4. The zero-order valence-electron chi connectivity index (χ0n) is 18.2. The monoisotopic (exact) mass is 423 g/mol. The van der Waals surface area contributed by atoms with Crippen molar-refractivity contribution in [2.45, 2.75) is 52.0 Å². The van der Waals surface area contributed by atoms with Gasteiger partial charge in [0.15, 0.2) is 5.88 Å². The Morgan fingerprint density at radius 1 is 1.16 bits per heavy atom. The lowest BCUT2D eigenvalue weighted by atomic mass is 9.80. The number of carboxylic acid groups (broad SMARTS) is 1. The van der Waals surface area contributed by atoms with Crippen molar-refractivity contribution >= 4 is 28.5 Å². The summed E-state index contributed by atoms with van der Waals surface area (Å²) in [5, 5.41) is 23.7. The molecule has 0 aliphatic carbocycles. The van der Waals surface area contributed by atoms with E-state index in [2.05, 4.69) is 10.3 Å². The van der Waals surface area contributed by atoms with Gasteiger partial charge < -0.3 is 26.2 Å². The van der Waals surface area contributed by atoms with Crippen molar-refractivity contribution in [3.63, 3.8) is 0 Å². The van der Waals surface area contributed by atoms with Gasteiger partial charge in [-0.2, -0.15) is 0 Å². The molecule has 1 amide bonds. The summed E-state index contributed by atoms with van der Waals surface area (Å²) in [5.74, 6) is -1.39. The number of nitrogens with two attached hydrogens (primary N) is 1. The van der Waals surface area contributed by atoms with Gasteiger partial charge in [0.1, 0.15) is 0 Å². The summed E-state index contributed by atoms with van der Waals surface area (Å²) >= 11 is 0. The molecule has 0 aliphatic rings. The molecule has 0 spiro atoms. The van der Waals surface area contributed by atoms with Crippen molar-refractivity contribution in [1.82, 2.24) is 10.3 Å². The quantitative estimate of drug-likeness (QED) is 0.378. The number of carbonyl (C=O) groups excluding carboxylic acids is 1. The van der Waals surface area contributed by atoms with Crippen molar-refractivity contribution in [3.8, 4) is 5.88 Å². The number of H-pyrrole nitrogens is 1. The maximum absolute atomic E-state index is 12.7. The van der Waals surface area contributed by atoms with Gasteiger partial charge in [0, 0.05) is 35.1 Å². The average Bonchev–Trinajstić information content (AvgIpc) is 3.01. The average molecular weight is 424 g/mol. The standard InChI is InChI=1S/C24H29N3O4/c1-13(20-14-7-5-6-8-18(14)27-22(20)29)11-19(28)26-12-16-17(25)10-9-15(23(30)31)21(16)24(2,3)4/h5-10,13,27,29H,11-12,25H2,1-4H3,(H,26,28)(H,30,31). The van der Waals surface area contributed by atoms with Gasteiger partial charge in [-0.1, -0.05) is 45.9 Å². The first-order valence-electron chi connectivity index (χ1n) is 10.2. The third kappa shape index (κ3) is 4.50. The van der Waals surface area contributed by atoms with Crippen LogP contribution in [0.2, 0.25) is 0 Å². The van der Waals surface area contributed by atoms with Gasteiger partial charge in [0.25, 0.3) is 0 Å². The maximum Gasteiger partial charge on any atom is 0.335 e. The summed E-state index contributed by atoms with van der Waals surface area (Å²) in [6, 6.07) is 10.6. The number of para-hydroxylation sites is 1. The topological polar surface area (TPSA) is 128 Å². The first kappa shape index (κ1) is 22.2. The Kier molecular flexibility index (Phi) is 5.97. The second-order valence-electron chi connectivity index (χ2n) is 8.93. The van der Waals surface area contributed by atoms with Crippen LogP contribution in [-0.4, -0.2) is 27.1 Å². The number of aromatic hydroxyl groups is 1. The van der Waals surface area contributed by atoms with E-state index in [0.29, 0.717) is 22.4 Å². The molecule has 7 heteroatoms. The van der Waals surface area contributed by atoms with Crippen LogP contribution in [0.3, 0.4) is 0 Å². The highest BCUT2D eigenvalue weighted by molar-refractivity contribution is 5.91. The SMILES string of the molecule is CC(CC(=O)NCc1c(N)ccc(C(=O)O)c1C(C)(C)C)c1c(O)[nH]c2ccccc12. The molecule has 1 heterocycles. The molecule has 31 heavy (non-hydrogen) atoms. The van der Waals surface area contributed by atoms with E-state index in [9.17, 15) is 19.8 Å². The predicted octanol–water partition coefficient (Wildman–Crippen LogP) is 4.26. The molecule has 0 saturated heterocycles. The molecule has 0 radical (unpaired) electrons.